The van der Waals surface area contributed by atoms with Crippen LogP contribution in [0.15, 0.2) is 10.6 Å². The highest BCUT2D eigenvalue weighted by atomic mass is 16.5. The van der Waals surface area contributed by atoms with Crippen LogP contribution in [-0.4, -0.2) is 44.5 Å². The number of aryl methyl sites for hydroxylation is 1. The highest BCUT2D eigenvalue weighted by Gasteiger charge is 2.25. The average molecular weight is 332 g/mol. The van der Waals surface area contributed by atoms with Gasteiger partial charge in [0.15, 0.2) is 0 Å². The van der Waals surface area contributed by atoms with Crippen molar-refractivity contribution in [1.82, 2.24) is 19.7 Å². The quantitative estimate of drug-likeness (QED) is 0.911. The molecule has 4 heterocycles. The smallest absolute Gasteiger partial charge is 0.208 e. The van der Waals surface area contributed by atoms with Crippen LogP contribution in [0.2, 0.25) is 0 Å². The maximum absolute atomic E-state index is 9.50. The van der Waals surface area contributed by atoms with Crippen LogP contribution in [0, 0.1) is 0 Å². The molecule has 0 amide bonds. The molecule has 24 heavy (non-hydrogen) atoms. The van der Waals surface area contributed by atoms with E-state index in [0.717, 1.165) is 68.5 Å². The Kier molecular flexibility index (Phi) is 4.39. The molecule has 2 aliphatic rings. The summed E-state index contributed by atoms with van der Waals surface area (Å²) in [4.78, 5) is 6.78. The molecule has 0 aliphatic carbocycles. The Balaban J connectivity index is 1.44. The number of nitrogens with zero attached hydrogens (tertiary/aromatic N) is 4. The van der Waals surface area contributed by atoms with E-state index in [1.54, 1.807) is 0 Å². The maximum Gasteiger partial charge on any atom is 0.208 e. The van der Waals surface area contributed by atoms with Crippen molar-refractivity contribution in [3.63, 3.8) is 0 Å². The Morgan fingerprint density at radius 1 is 1.33 bits per heavy atom. The highest BCUT2D eigenvalue weighted by molar-refractivity contribution is 5.28. The van der Waals surface area contributed by atoms with E-state index in [9.17, 15) is 5.11 Å². The SMILES string of the molecule is Cn1nc(CO)c2c1CCN(Cc1ncc(C3CCOCC3)o1)C2. The number of fused-ring (bicyclic) bond motifs is 1. The number of rotatable bonds is 4. The van der Waals surface area contributed by atoms with Crippen LogP contribution in [0.25, 0.3) is 0 Å². The van der Waals surface area contributed by atoms with E-state index >= 15 is 0 Å². The van der Waals surface area contributed by atoms with Gasteiger partial charge in [0.1, 0.15) is 5.76 Å². The number of aliphatic hydroxyl groups excluding tert-OH is 1. The number of oxazole rings is 1. The van der Waals surface area contributed by atoms with E-state index in [2.05, 4.69) is 15.0 Å². The number of aliphatic hydroxyl groups is 1. The lowest BCUT2D eigenvalue weighted by Crippen LogP contribution is -2.31. The molecule has 2 aromatic heterocycles. The minimum Gasteiger partial charge on any atom is -0.444 e. The van der Waals surface area contributed by atoms with Gasteiger partial charge < -0.3 is 14.3 Å². The lowest BCUT2D eigenvalue weighted by molar-refractivity contribution is 0.0799. The third-order valence-corrected chi connectivity index (χ3v) is 5.11. The van der Waals surface area contributed by atoms with Crippen LogP contribution in [0.5, 0.6) is 0 Å². The first-order chi connectivity index (χ1) is 11.7. The van der Waals surface area contributed by atoms with Gasteiger partial charge in [-0.3, -0.25) is 9.58 Å². The van der Waals surface area contributed by atoms with E-state index in [4.69, 9.17) is 9.15 Å². The molecular weight excluding hydrogens is 308 g/mol. The van der Waals surface area contributed by atoms with Crippen LogP contribution >= 0.6 is 0 Å². The molecule has 1 N–H and O–H groups in total. The number of ether oxygens (including phenoxy) is 1. The molecule has 1 fully saturated rings. The molecule has 130 valence electrons. The van der Waals surface area contributed by atoms with E-state index < -0.39 is 0 Å². The summed E-state index contributed by atoms with van der Waals surface area (Å²) in [5.74, 6) is 2.20. The van der Waals surface area contributed by atoms with Crippen molar-refractivity contribution in [3.8, 4) is 0 Å². The van der Waals surface area contributed by atoms with Crippen molar-refractivity contribution in [3.05, 3.63) is 34.8 Å². The number of hydrogen-bond acceptors (Lipinski definition) is 6. The van der Waals surface area contributed by atoms with Gasteiger partial charge in [0.25, 0.3) is 0 Å². The summed E-state index contributed by atoms with van der Waals surface area (Å²) in [7, 11) is 1.95. The topological polar surface area (TPSA) is 76.5 Å². The van der Waals surface area contributed by atoms with Crippen molar-refractivity contribution in [2.24, 2.45) is 7.05 Å². The molecule has 0 radical (unpaired) electrons. The van der Waals surface area contributed by atoms with Gasteiger partial charge in [0, 0.05) is 56.9 Å². The van der Waals surface area contributed by atoms with Crippen LogP contribution < -0.4 is 0 Å². The van der Waals surface area contributed by atoms with E-state index in [-0.39, 0.29) is 6.61 Å². The summed E-state index contributed by atoms with van der Waals surface area (Å²) in [5.41, 5.74) is 3.17. The maximum atomic E-state index is 9.50. The van der Waals surface area contributed by atoms with Gasteiger partial charge in [0.2, 0.25) is 5.89 Å². The van der Waals surface area contributed by atoms with E-state index in [0.29, 0.717) is 12.5 Å². The van der Waals surface area contributed by atoms with Crippen molar-refractivity contribution in [2.45, 2.75) is 44.9 Å². The highest BCUT2D eigenvalue weighted by Crippen LogP contribution is 2.28. The number of aromatic nitrogens is 3. The lowest BCUT2D eigenvalue weighted by Gasteiger charge is -2.26. The fourth-order valence-corrected chi connectivity index (χ4v) is 3.75. The normalized spacial score (nSPS) is 19.6. The minimum absolute atomic E-state index is 0.0100. The standard InChI is InChI=1S/C17H24N4O3/c1-20-15-2-5-21(9-13(15)14(11-22)19-20)10-17-18-8-16(24-17)12-3-6-23-7-4-12/h8,12,22H,2-7,9-11H2,1H3. The van der Waals surface area contributed by atoms with Crippen molar-refractivity contribution in [1.29, 1.82) is 0 Å². The summed E-state index contributed by atoms with van der Waals surface area (Å²) < 4.78 is 13.3. The molecular formula is C17H24N4O3. The second-order valence-electron chi connectivity index (χ2n) is 6.66. The van der Waals surface area contributed by atoms with Crippen molar-refractivity contribution < 1.29 is 14.3 Å². The van der Waals surface area contributed by atoms with Crippen molar-refractivity contribution >= 4 is 0 Å². The Labute approximate surface area is 141 Å². The monoisotopic (exact) mass is 332 g/mol. The van der Waals surface area contributed by atoms with Gasteiger partial charge in [-0.15, -0.1) is 0 Å². The summed E-state index contributed by atoms with van der Waals surface area (Å²) in [6.45, 7) is 4.04. The fraction of sp³-hybridized carbons (Fsp3) is 0.647. The zero-order valence-corrected chi connectivity index (χ0v) is 14.1. The van der Waals surface area contributed by atoms with Gasteiger partial charge >= 0.3 is 0 Å². The van der Waals surface area contributed by atoms with Gasteiger partial charge in [-0.05, 0) is 12.8 Å². The molecule has 1 saturated heterocycles. The summed E-state index contributed by atoms with van der Waals surface area (Å²) in [5, 5.41) is 13.9. The molecule has 0 saturated carbocycles. The zero-order valence-electron chi connectivity index (χ0n) is 14.1. The second-order valence-corrected chi connectivity index (χ2v) is 6.66. The third kappa shape index (κ3) is 2.99. The Bertz CT molecular complexity index is 703. The molecule has 0 spiro atoms. The average Bonchev–Trinajstić information content (AvgIpc) is 3.20. The summed E-state index contributed by atoms with van der Waals surface area (Å²) >= 11 is 0. The third-order valence-electron chi connectivity index (χ3n) is 5.11. The molecule has 2 aliphatic heterocycles. The molecule has 2 aromatic rings. The second kappa shape index (κ2) is 6.66. The molecule has 0 bridgehead atoms. The van der Waals surface area contributed by atoms with Gasteiger partial charge in [-0.2, -0.15) is 5.10 Å². The first-order valence-electron chi connectivity index (χ1n) is 8.63. The molecule has 0 aromatic carbocycles. The van der Waals surface area contributed by atoms with E-state index in [1.165, 1.54) is 5.69 Å². The van der Waals surface area contributed by atoms with Crippen LogP contribution in [0.3, 0.4) is 0 Å². The number of hydrogen-bond donors (Lipinski definition) is 1. The van der Waals surface area contributed by atoms with Gasteiger partial charge in [-0.1, -0.05) is 0 Å². The van der Waals surface area contributed by atoms with Gasteiger partial charge in [-0.25, -0.2) is 4.98 Å². The molecule has 0 unspecified atom stereocenters. The van der Waals surface area contributed by atoms with E-state index in [1.807, 2.05) is 17.9 Å². The predicted molar refractivity (Wildman–Crippen MR) is 86.2 cm³/mol. The Morgan fingerprint density at radius 2 is 2.17 bits per heavy atom. The van der Waals surface area contributed by atoms with Gasteiger partial charge in [0.05, 0.1) is 25.0 Å². The fourth-order valence-electron chi connectivity index (χ4n) is 3.75. The first kappa shape index (κ1) is 15.8. The summed E-state index contributed by atoms with van der Waals surface area (Å²) in [6.07, 6.45) is 4.84. The predicted octanol–water partition coefficient (Wildman–Crippen LogP) is 1.35. The van der Waals surface area contributed by atoms with Crippen LogP contribution in [0.4, 0.5) is 0 Å². The molecule has 7 nitrogen and oxygen atoms in total. The Hall–Kier alpha value is -1.70. The lowest BCUT2D eigenvalue weighted by atomic mass is 9.98. The molecule has 0 atom stereocenters. The first-order valence-corrected chi connectivity index (χ1v) is 8.63. The van der Waals surface area contributed by atoms with Crippen molar-refractivity contribution in [2.75, 3.05) is 19.8 Å². The minimum atomic E-state index is -0.0100. The Morgan fingerprint density at radius 3 is 2.96 bits per heavy atom. The summed E-state index contributed by atoms with van der Waals surface area (Å²) in [6, 6.07) is 0. The largest absolute Gasteiger partial charge is 0.444 e. The van der Waals surface area contributed by atoms with Crippen LogP contribution in [-0.2, 0) is 37.9 Å². The molecule has 4 rings (SSSR count). The molecule has 7 heteroatoms. The zero-order chi connectivity index (χ0) is 16.5. The van der Waals surface area contributed by atoms with Crippen LogP contribution in [0.1, 0.15) is 47.4 Å².